The van der Waals surface area contributed by atoms with Crippen molar-refractivity contribution in [2.24, 2.45) is 0 Å². The third-order valence-electron chi connectivity index (χ3n) is 5.35. The van der Waals surface area contributed by atoms with Crippen molar-refractivity contribution in [1.29, 1.82) is 0 Å². The van der Waals surface area contributed by atoms with Crippen LogP contribution >= 0.6 is 0 Å². The zero-order valence-corrected chi connectivity index (χ0v) is 15.6. The van der Waals surface area contributed by atoms with Crippen molar-refractivity contribution in [3.8, 4) is 0 Å². The summed E-state index contributed by atoms with van der Waals surface area (Å²) in [5, 5.41) is 3.46. The normalized spacial score (nSPS) is 18.4. The second-order valence-corrected chi connectivity index (χ2v) is 7.17. The van der Waals surface area contributed by atoms with E-state index in [0.29, 0.717) is 26.3 Å². The summed E-state index contributed by atoms with van der Waals surface area (Å²) in [6, 6.07) is 18.0. The van der Waals surface area contributed by atoms with E-state index < -0.39 is 0 Å². The number of nitrogens with zero attached hydrogens (tertiary/aromatic N) is 2. The molecule has 1 N–H and O–H groups in total. The minimum atomic E-state index is -0.387. The molecule has 2 aromatic carbocycles. The molecule has 2 aromatic rings. The van der Waals surface area contributed by atoms with E-state index in [0.717, 1.165) is 24.3 Å². The Balaban J connectivity index is 1.52. The number of hydrogen-bond acceptors (Lipinski definition) is 4. The highest BCUT2D eigenvalue weighted by atomic mass is 16.5. The van der Waals surface area contributed by atoms with Crippen molar-refractivity contribution in [1.82, 2.24) is 4.90 Å². The number of benzene rings is 2. The van der Waals surface area contributed by atoms with Crippen LogP contribution in [0.1, 0.15) is 24.4 Å². The van der Waals surface area contributed by atoms with Crippen LogP contribution in [0.4, 0.5) is 11.4 Å². The van der Waals surface area contributed by atoms with Gasteiger partial charge in [0.05, 0.1) is 13.2 Å². The number of nitrogens with one attached hydrogen (secondary N) is 1. The Morgan fingerprint density at radius 2 is 1.56 bits per heavy atom. The summed E-state index contributed by atoms with van der Waals surface area (Å²) >= 11 is 0. The van der Waals surface area contributed by atoms with Crippen LogP contribution in [-0.4, -0.2) is 50.2 Å². The highest BCUT2D eigenvalue weighted by molar-refractivity contribution is 5.86. The number of hydrogen-bond donors (Lipinski definition) is 1. The smallest absolute Gasteiger partial charge is 0.249 e. The Morgan fingerprint density at radius 3 is 2.22 bits per heavy atom. The standard InChI is InChI=1S/C22H27N3O2/c26-22(25-14-16-27-17-15-25)21(18-6-2-1-3-7-18)23-19-8-10-20(11-9-19)24-12-4-5-13-24/h1-3,6-11,21,23H,4-5,12-17H2. The maximum Gasteiger partial charge on any atom is 0.249 e. The maximum atomic E-state index is 13.2. The minimum absolute atomic E-state index is 0.105. The first kappa shape index (κ1) is 17.9. The molecule has 27 heavy (non-hydrogen) atoms. The molecule has 0 spiro atoms. The summed E-state index contributed by atoms with van der Waals surface area (Å²) in [6.07, 6.45) is 2.54. The second kappa shape index (κ2) is 8.44. The number of morpholine rings is 1. The van der Waals surface area contributed by atoms with Gasteiger partial charge in [-0.3, -0.25) is 4.79 Å². The molecule has 2 saturated heterocycles. The molecule has 142 valence electrons. The van der Waals surface area contributed by atoms with Crippen LogP contribution in [0.3, 0.4) is 0 Å². The average Bonchev–Trinajstić information content (AvgIpc) is 3.28. The molecular formula is C22H27N3O2. The predicted octanol–water partition coefficient (Wildman–Crippen LogP) is 3.30. The molecule has 2 aliphatic rings. The molecule has 1 unspecified atom stereocenters. The van der Waals surface area contributed by atoms with Gasteiger partial charge in [-0.15, -0.1) is 0 Å². The molecule has 0 aromatic heterocycles. The molecule has 0 bridgehead atoms. The van der Waals surface area contributed by atoms with Gasteiger partial charge in [0.15, 0.2) is 0 Å². The molecule has 5 heteroatoms. The van der Waals surface area contributed by atoms with E-state index in [9.17, 15) is 4.79 Å². The monoisotopic (exact) mass is 365 g/mol. The first-order valence-electron chi connectivity index (χ1n) is 9.84. The van der Waals surface area contributed by atoms with E-state index in [2.05, 4.69) is 34.5 Å². The summed E-state index contributed by atoms with van der Waals surface area (Å²) < 4.78 is 5.40. The van der Waals surface area contributed by atoms with Crippen LogP contribution in [0.5, 0.6) is 0 Å². The van der Waals surface area contributed by atoms with Gasteiger partial charge in [0.2, 0.25) is 5.91 Å². The fourth-order valence-corrected chi connectivity index (χ4v) is 3.81. The third kappa shape index (κ3) is 4.25. The first-order valence-corrected chi connectivity index (χ1v) is 9.84. The topological polar surface area (TPSA) is 44.8 Å². The van der Waals surface area contributed by atoms with Crippen LogP contribution in [0.2, 0.25) is 0 Å². The highest BCUT2D eigenvalue weighted by Gasteiger charge is 2.27. The molecule has 1 amide bonds. The largest absolute Gasteiger partial charge is 0.378 e. The van der Waals surface area contributed by atoms with Gasteiger partial charge >= 0.3 is 0 Å². The van der Waals surface area contributed by atoms with E-state index >= 15 is 0 Å². The molecule has 4 rings (SSSR count). The maximum absolute atomic E-state index is 13.2. The summed E-state index contributed by atoms with van der Waals surface area (Å²) in [6.45, 7) is 4.79. The molecule has 2 fully saturated rings. The minimum Gasteiger partial charge on any atom is -0.378 e. The fraction of sp³-hybridized carbons (Fsp3) is 0.409. The highest BCUT2D eigenvalue weighted by Crippen LogP contribution is 2.26. The number of ether oxygens (including phenoxy) is 1. The first-order chi connectivity index (χ1) is 13.3. The van der Waals surface area contributed by atoms with Crippen molar-refractivity contribution in [2.45, 2.75) is 18.9 Å². The van der Waals surface area contributed by atoms with Gasteiger partial charge in [-0.2, -0.15) is 0 Å². The van der Waals surface area contributed by atoms with Crippen molar-refractivity contribution in [3.05, 3.63) is 60.2 Å². The van der Waals surface area contributed by atoms with Crippen LogP contribution in [0, 0.1) is 0 Å². The van der Waals surface area contributed by atoms with Crippen molar-refractivity contribution < 1.29 is 9.53 Å². The molecule has 0 radical (unpaired) electrons. The van der Waals surface area contributed by atoms with Gasteiger partial charge in [-0.05, 0) is 42.7 Å². The Morgan fingerprint density at radius 1 is 0.889 bits per heavy atom. The molecular weight excluding hydrogens is 338 g/mol. The molecule has 2 heterocycles. The van der Waals surface area contributed by atoms with Crippen molar-refractivity contribution >= 4 is 17.3 Å². The van der Waals surface area contributed by atoms with Crippen LogP contribution < -0.4 is 10.2 Å². The zero-order valence-electron chi connectivity index (χ0n) is 15.6. The third-order valence-corrected chi connectivity index (χ3v) is 5.35. The van der Waals surface area contributed by atoms with Gasteiger partial charge in [0.25, 0.3) is 0 Å². The molecule has 2 aliphatic heterocycles. The Hall–Kier alpha value is -2.53. The van der Waals surface area contributed by atoms with E-state index in [1.54, 1.807) is 0 Å². The van der Waals surface area contributed by atoms with E-state index in [4.69, 9.17) is 4.74 Å². The lowest BCUT2D eigenvalue weighted by Crippen LogP contribution is -2.44. The number of amides is 1. The summed E-state index contributed by atoms with van der Waals surface area (Å²) in [4.78, 5) is 17.5. The quantitative estimate of drug-likeness (QED) is 0.883. The van der Waals surface area contributed by atoms with Gasteiger partial charge in [-0.1, -0.05) is 30.3 Å². The summed E-state index contributed by atoms with van der Waals surface area (Å²) in [5.41, 5.74) is 3.21. The number of anilines is 2. The zero-order chi connectivity index (χ0) is 18.5. The van der Waals surface area contributed by atoms with Crippen molar-refractivity contribution in [2.75, 3.05) is 49.6 Å². The van der Waals surface area contributed by atoms with E-state index in [1.165, 1.54) is 18.5 Å². The van der Waals surface area contributed by atoms with Gasteiger partial charge < -0.3 is 19.9 Å². The summed E-state index contributed by atoms with van der Waals surface area (Å²) in [7, 11) is 0. The van der Waals surface area contributed by atoms with E-state index in [1.807, 2.05) is 35.2 Å². The SMILES string of the molecule is O=C(C(Nc1ccc(N2CCCC2)cc1)c1ccccc1)N1CCOCC1. The Bertz CT molecular complexity index is 736. The predicted molar refractivity (Wildman–Crippen MR) is 108 cm³/mol. The van der Waals surface area contributed by atoms with Crippen LogP contribution in [0.25, 0.3) is 0 Å². The molecule has 0 aliphatic carbocycles. The van der Waals surface area contributed by atoms with Gasteiger partial charge in [0.1, 0.15) is 6.04 Å². The number of rotatable bonds is 5. The Kier molecular flexibility index (Phi) is 5.58. The Labute approximate surface area is 160 Å². The average molecular weight is 365 g/mol. The number of carbonyl (C=O) groups excluding carboxylic acids is 1. The van der Waals surface area contributed by atoms with Gasteiger partial charge in [-0.25, -0.2) is 0 Å². The number of carbonyl (C=O) groups is 1. The lowest BCUT2D eigenvalue weighted by molar-refractivity contribution is -0.136. The van der Waals surface area contributed by atoms with E-state index in [-0.39, 0.29) is 11.9 Å². The second-order valence-electron chi connectivity index (χ2n) is 7.17. The summed E-state index contributed by atoms with van der Waals surface area (Å²) in [5.74, 6) is 0.105. The lowest BCUT2D eigenvalue weighted by Gasteiger charge is -2.31. The molecule has 1 atom stereocenters. The van der Waals surface area contributed by atoms with Gasteiger partial charge in [0, 0.05) is 37.6 Å². The fourth-order valence-electron chi connectivity index (χ4n) is 3.81. The van der Waals surface area contributed by atoms with Crippen LogP contribution in [0.15, 0.2) is 54.6 Å². The van der Waals surface area contributed by atoms with Crippen molar-refractivity contribution in [3.63, 3.8) is 0 Å². The molecule has 0 saturated carbocycles. The molecule has 5 nitrogen and oxygen atoms in total. The lowest BCUT2D eigenvalue weighted by atomic mass is 10.0. The van der Waals surface area contributed by atoms with Crippen LogP contribution in [-0.2, 0) is 9.53 Å².